The maximum atomic E-state index is 5.66. The molecule has 0 aromatic carbocycles. The first-order valence-electron chi connectivity index (χ1n) is 4.86. The molecular weight excluding hydrogens is 206 g/mol. The first-order valence-corrected chi connectivity index (χ1v) is 4.86. The van der Waals surface area contributed by atoms with Crippen molar-refractivity contribution in [3.63, 3.8) is 0 Å². The first kappa shape index (κ1) is 10.4. The maximum absolute atomic E-state index is 5.66. The van der Waals surface area contributed by atoms with Gasteiger partial charge in [-0.1, -0.05) is 0 Å². The summed E-state index contributed by atoms with van der Waals surface area (Å²) in [5.41, 5.74) is 6.18. The summed E-state index contributed by atoms with van der Waals surface area (Å²) in [7, 11) is 1.54. The van der Waals surface area contributed by atoms with Gasteiger partial charge in [0.05, 0.1) is 25.6 Å². The summed E-state index contributed by atoms with van der Waals surface area (Å²) in [4.78, 5) is 4.19. The predicted molar refractivity (Wildman–Crippen MR) is 61.2 cm³/mol. The zero-order valence-electron chi connectivity index (χ0n) is 8.93. The van der Waals surface area contributed by atoms with Crippen LogP contribution in [0.5, 0.6) is 5.88 Å². The van der Waals surface area contributed by atoms with E-state index in [1.165, 1.54) is 7.11 Å². The van der Waals surface area contributed by atoms with E-state index in [1.54, 1.807) is 18.4 Å². The van der Waals surface area contributed by atoms with Gasteiger partial charge in [-0.3, -0.25) is 0 Å². The van der Waals surface area contributed by atoms with Gasteiger partial charge in [-0.2, -0.15) is 4.98 Å². The molecule has 0 aliphatic heterocycles. The van der Waals surface area contributed by atoms with Gasteiger partial charge >= 0.3 is 0 Å². The number of nitrogens with one attached hydrogen (secondary N) is 1. The number of nitrogens with two attached hydrogens (primary N) is 1. The van der Waals surface area contributed by atoms with Crippen molar-refractivity contribution < 1.29 is 9.15 Å². The van der Waals surface area contributed by atoms with E-state index in [-0.39, 0.29) is 0 Å². The number of hydrogen-bond donors (Lipinski definition) is 2. The van der Waals surface area contributed by atoms with Crippen LogP contribution in [0.25, 0.3) is 0 Å². The summed E-state index contributed by atoms with van der Waals surface area (Å²) in [5, 5.41) is 3.11. The Morgan fingerprint density at radius 3 is 3.00 bits per heavy atom. The fourth-order valence-corrected chi connectivity index (χ4v) is 1.30. The highest BCUT2D eigenvalue weighted by atomic mass is 16.5. The minimum atomic E-state index is 0.421. The quantitative estimate of drug-likeness (QED) is 0.821. The van der Waals surface area contributed by atoms with Crippen molar-refractivity contribution >= 4 is 11.5 Å². The fourth-order valence-electron chi connectivity index (χ4n) is 1.30. The summed E-state index contributed by atoms with van der Waals surface area (Å²) in [6.45, 7) is 0.576. The molecule has 16 heavy (non-hydrogen) atoms. The van der Waals surface area contributed by atoms with Gasteiger partial charge in [0.2, 0.25) is 5.88 Å². The highest BCUT2D eigenvalue weighted by Crippen LogP contribution is 2.20. The van der Waals surface area contributed by atoms with Crippen LogP contribution in [-0.2, 0) is 6.54 Å². The van der Waals surface area contributed by atoms with E-state index in [1.807, 2.05) is 12.1 Å². The number of rotatable bonds is 4. The van der Waals surface area contributed by atoms with Crippen LogP contribution in [0.3, 0.4) is 0 Å². The molecule has 2 rings (SSSR count). The van der Waals surface area contributed by atoms with Crippen LogP contribution >= 0.6 is 0 Å². The maximum Gasteiger partial charge on any atom is 0.238 e. The van der Waals surface area contributed by atoms with Crippen molar-refractivity contribution in [2.45, 2.75) is 6.54 Å². The molecule has 0 radical (unpaired) electrons. The summed E-state index contributed by atoms with van der Waals surface area (Å²) in [5.74, 6) is 1.96. The van der Waals surface area contributed by atoms with Crippen molar-refractivity contribution in [2.75, 3.05) is 18.2 Å². The van der Waals surface area contributed by atoms with E-state index >= 15 is 0 Å². The molecule has 0 saturated carbocycles. The second kappa shape index (κ2) is 4.57. The summed E-state index contributed by atoms with van der Waals surface area (Å²) >= 11 is 0. The third-order valence-corrected chi connectivity index (χ3v) is 2.11. The molecule has 5 heteroatoms. The Bertz CT molecular complexity index is 454. The van der Waals surface area contributed by atoms with Gasteiger partial charge in [-0.25, -0.2) is 0 Å². The van der Waals surface area contributed by atoms with Crippen molar-refractivity contribution in [1.82, 2.24) is 4.98 Å². The van der Waals surface area contributed by atoms with Gasteiger partial charge in [0, 0.05) is 0 Å². The third kappa shape index (κ3) is 2.25. The lowest BCUT2D eigenvalue weighted by Gasteiger charge is -2.07. The minimum Gasteiger partial charge on any atom is -0.479 e. The Morgan fingerprint density at radius 1 is 1.44 bits per heavy atom. The Morgan fingerprint density at radius 2 is 2.31 bits per heavy atom. The zero-order chi connectivity index (χ0) is 11.4. The van der Waals surface area contributed by atoms with Crippen LogP contribution in [0, 0.1) is 0 Å². The Labute approximate surface area is 93.2 Å². The van der Waals surface area contributed by atoms with E-state index < -0.39 is 0 Å². The molecule has 84 valence electrons. The lowest BCUT2D eigenvalue weighted by Crippen LogP contribution is -2.02. The molecule has 0 spiro atoms. The molecule has 2 aromatic heterocycles. The molecule has 0 bridgehead atoms. The number of aromatic nitrogens is 1. The Balaban J connectivity index is 2.04. The number of hydrogen-bond acceptors (Lipinski definition) is 5. The highest BCUT2D eigenvalue weighted by Gasteiger charge is 2.03. The lowest BCUT2D eigenvalue weighted by molar-refractivity contribution is 0.401. The highest BCUT2D eigenvalue weighted by molar-refractivity contribution is 5.53. The number of ether oxygens (including phenoxy) is 1. The summed E-state index contributed by atoms with van der Waals surface area (Å²) in [6.07, 6.45) is 1.63. The molecular formula is C11H13N3O2. The van der Waals surface area contributed by atoms with Gasteiger partial charge < -0.3 is 20.2 Å². The molecule has 0 saturated heterocycles. The standard InChI is InChI=1S/C11H13N3O2/c1-15-11-9(12)4-5-10(14-11)13-7-8-3-2-6-16-8/h2-6H,7,12H2,1H3,(H,13,14). The van der Waals surface area contributed by atoms with Gasteiger partial charge in [0.15, 0.2) is 0 Å². The van der Waals surface area contributed by atoms with E-state index in [0.29, 0.717) is 23.9 Å². The van der Waals surface area contributed by atoms with Crippen molar-refractivity contribution in [2.24, 2.45) is 0 Å². The van der Waals surface area contributed by atoms with Crippen LogP contribution in [0.1, 0.15) is 5.76 Å². The lowest BCUT2D eigenvalue weighted by atomic mass is 10.4. The number of methoxy groups -OCH3 is 1. The second-order valence-electron chi connectivity index (χ2n) is 3.23. The van der Waals surface area contributed by atoms with Gasteiger partial charge in [-0.15, -0.1) is 0 Å². The van der Waals surface area contributed by atoms with E-state index in [9.17, 15) is 0 Å². The average molecular weight is 219 g/mol. The van der Waals surface area contributed by atoms with Crippen LogP contribution in [-0.4, -0.2) is 12.1 Å². The van der Waals surface area contributed by atoms with Gasteiger partial charge in [-0.05, 0) is 24.3 Å². The molecule has 2 heterocycles. The van der Waals surface area contributed by atoms with Crippen LogP contribution in [0.2, 0.25) is 0 Å². The molecule has 0 aliphatic carbocycles. The number of anilines is 2. The molecule has 0 amide bonds. The van der Waals surface area contributed by atoms with E-state index in [4.69, 9.17) is 14.9 Å². The zero-order valence-corrected chi connectivity index (χ0v) is 8.93. The third-order valence-electron chi connectivity index (χ3n) is 2.11. The fraction of sp³-hybridized carbons (Fsp3) is 0.182. The van der Waals surface area contributed by atoms with Crippen LogP contribution in [0.4, 0.5) is 11.5 Å². The molecule has 5 nitrogen and oxygen atoms in total. The van der Waals surface area contributed by atoms with Gasteiger partial charge in [0.1, 0.15) is 11.6 Å². The monoisotopic (exact) mass is 219 g/mol. The Kier molecular flexibility index (Phi) is 2.95. The Hall–Kier alpha value is -2.17. The van der Waals surface area contributed by atoms with Crippen molar-refractivity contribution in [3.8, 4) is 5.88 Å². The summed E-state index contributed by atoms with van der Waals surface area (Å²) < 4.78 is 10.2. The average Bonchev–Trinajstić information content (AvgIpc) is 2.81. The number of nitrogens with zero attached hydrogens (tertiary/aromatic N) is 1. The molecule has 3 N–H and O–H groups in total. The SMILES string of the molecule is COc1nc(NCc2ccco2)ccc1N. The first-order chi connectivity index (χ1) is 7.79. The normalized spacial score (nSPS) is 10.1. The van der Waals surface area contributed by atoms with Crippen molar-refractivity contribution in [1.29, 1.82) is 0 Å². The largest absolute Gasteiger partial charge is 0.479 e. The molecule has 0 aliphatic rings. The topological polar surface area (TPSA) is 73.3 Å². The molecule has 0 fully saturated rings. The molecule has 0 unspecified atom stereocenters. The van der Waals surface area contributed by atoms with E-state index in [2.05, 4.69) is 10.3 Å². The smallest absolute Gasteiger partial charge is 0.238 e. The number of pyridine rings is 1. The molecule has 0 atom stereocenters. The minimum absolute atomic E-state index is 0.421. The van der Waals surface area contributed by atoms with Crippen molar-refractivity contribution in [3.05, 3.63) is 36.3 Å². The second-order valence-corrected chi connectivity index (χ2v) is 3.23. The predicted octanol–water partition coefficient (Wildman–Crippen LogP) is 1.88. The number of furan rings is 1. The molecule has 2 aromatic rings. The van der Waals surface area contributed by atoms with Gasteiger partial charge in [0.25, 0.3) is 0 Å². The van der Waals surface area contributed by atoms with E-state index in [0.717, 1.165) is 5.76 Å². The van der Waals surface area contributed by atoms with Crippen LogP contribution in [0.15, 0.2) is 34.9 Å². The number of nitrogen functional groups attached to an aromatic ring is 1. The van der Waals surface area contributed by atoms with Crippen LogP contribution < -0.4 is 15.8 Å². The summed E-state index contributed by atoms with van der Waals surface area (Å²) in [6, 6.07) is 7.27.